The Hall–Kier alpha value is -3.66. The first-order valence-electron chi connectivity index (χ1n) is 12.4. The molecule has 0 aliphatic rings. The van der Waals surface area contributed by atoms with E-state index in [0.717, 1.165) is 76.0 Å². The molecule has 2 aromatic heterocycles. The number of aromatic nitrogens is 1. The molecule has 5 aromatic rings. The first-order chi connectivity index (χ1) is 16.7. The first-order valence-corrected chi connectivity index (χ1v) is 12.4. The molecule has 0 bridgehead atoms. The standard InChI is InChI=1S/C30H31N3O/c1-3-5-18-32-30-27-25(24-17-16-21-12-10-11-15-23(21)28(24)34-30)20-26(22-13-8-7-9-14-22)33(29(27)31)19-6-4-2/h7-17,20,31H,3-6,18-19H2,1-2H3. The van der Waals surface area contributed by atoms with Crippen molar-refractivity contribution in [2.75, 3.05) is 6.54 Å². The summed E-state index contributed by atoms with van der Waals surface area (Å²) in [7, 11) is 0. The molecule has 0 aliphatic carbocycles. The highest BCUT2D eigenvalue weighted by molar-refractivity contribution is 6.14. The Balaban J connectivity index is 1.95. The van der Waals surface area contributed by atoms with Crippen LogP contribution in [-0.2, 0) is 6.54 Å². The van der Waals surface area contributed by atoms with E-state index < -0.39 is 0 Å². The smallest absolute Gasteiger partial charge is 0.226 e. The van der Waals surface area contributed by atoms with Gasteiger partial charge in [0.25, 0.3) is 0 Å². The van der Waals surface area contributed by atoms with Gasteiger partial charge < -0.3 is 8.98 Å². The highest BCUT2D eigenvalue weighted by Crippen LogP contribution is 2.31. The number of pyridine rings is 1. The highest BCUT2D eigenvalue weighted by Gasteiger charge is 2.16. The second kappa shape index (κ2) is 9.68. The summed E-state index contributed by atoms with van der Waals surface area (Å²) in [5.41, 5.74) is 4.06. The molecule has 4 nitrogen and oxygen atoms in total. The maximum atomic E-state index is 9.31. The molecular formula is C30H31N3O. The van der Waals surface area contributed by atoms with Crippen molar-refractivity contribution in [1.82, 2.24) is 4.57 Å². The van der Waals surface area contributed by atoms with Crippen LogP contribution in [0.3, 0.4) is 0 Å². The summed E-state index contributed by atoms with van der Waals surface area (Å²) in [4.78, 5) is 4.87. The van der Waals surface area contributed by atoms with Crippen molar-refractivity contribution in [2.45, 2.75) is 46.1 Å². The van der Waals surface area contributed by atoms with E-state index in [1.54, 1.807) is 0 Å². The summed E-state index contributed by atoms with van der Waals surface area (Å²) in [6, 6.07) is 25.2. The molecule has 0 radical (unpaired) electrons. The Labute approximate surface area is 199 Å². The number of hydrogen-bond donors (Lipinski definition) is 1. The Bertz CT molecular complexity index is 1590. The van der Waals surface area contributed by atoms with Crippen LogP contribution in [0.4, 0.5) is 0 Å². The second-order valence-corrected chi connectivity index (χ2v) is 8.84. The van der Waals surface area contributed by atoms with E-state index in [4.69, 9.17) is 9.41 Å². The topological polar surface area (TPSA) is 54.3 Å². The Morgan fingerprint density at radius 3 is 2.38 bits per heavy atom. The number of unbranched alkanes of at least 4 members (excludes halogenated alkanes) is 2. The normalized spacial score (nSPS) is 12.2. The molecule has 0 amide bonds. The molecule has 2 heterocycles. The van der Waals surface area contributed by atoms with Gasteiger partial charge in [-0.15, -0.1) is 0 Å². The fourth-order valence-corrected chi connectivity index (χ4v) is 4.66. The maximum Gasteiger partial charge on any atom is 0.226 e. The van der Waals surface area contributed by atoms with Crippen molar-refractivity contribution in [1.29, 1.82) is 5.41 Å². The van der Waals surface area contributed by atoms with Crippen LogP contribution in [0.2, 0.25) is 0 Å². The van der Waals surface area contributed by atoms with E-state index in [-0.39, 0.29) is 0 Å². The lowest BCUT2D eigenvalue weighted by atomic mass is 10.0. The van der Waals surface area contributed by atoms with Crippen LogP contribution >= 0.6 is 0 Å². The lowest BCUT2D eigenvalue weighted by molar-refractivity contribution is 0.540. The zero-order valence-corrected chi connectivity index (χ0v) is 20.0. The molecule has 172 valence electrons. The van der Waals surface area contributed by atoms with Crippen LogP contribution in [0, 0.1) is 5.41 Å². The zero-order chi connectivity index (χ0) is 23.5. The quantitative estimate of drug-likeness (QED) is 0.207. The van der Waals surface area contributed by atoms with Gasteiger partial charge in [-0.3, -0.25) is 10.4 Å². The van der Waals surface area contributed by atoms with Crippen molar-refractivity contribution in [2.24, 2.45) is 4.99 Å². The van der Waals surface area contributed by atoms with Gasteiger partial charge in [-0.05, 0) is 35.9 Å². The number of rotatable bonds is 7. The van der Waals surface area contributed by atoms with Crippen molar-refractivity contribution in [3.05, 3.63) is 83.8 Å². The van der Waals surface area contributed by atoms with E-state index in [1.165, 1.54) is 0 Å². The molecule has 0 aliphatic heterocycles. The summed E-state index contributed by atoms with van der Waals surface area (Å²) in [5.74, 6) is 0. The summed E-state index contributed by atoms with van der Waals surface area (Å²) < 4.78 is 8.65. The molecule has 5 rings (SSSR count). The molecule has 0 unspecified atom stereocenters. The Kier molecular flexibility index (Phi) is 6.31. The fourth-order valence-electron chi connectivity index (χ4n) is 4.66. The summed E-state index contributed by atoms with van der Waals surface area (Å²) in [5, 5.41) is 14.4. The van der Waals surface area contributed by atoms with Crippen LogP contribution in [0.25, 0.3) is 43.8 Å². The number of benzene rings is 3. The van der Waals surface area contributed by atoms with Crippen molar-refractivity contribution < 1.29 is 4.42 Å². The molecule has 1 N–H and O–H groups in total. The van der Waals surface area contributed by atoms with Gasteiger partial charge in [-0.1, -0.05) is 87.4 Å². The van der Waals surface area contributed by atoms with Gasteiger partial charge in [-0.25, -0.2) is 0 Å². The molecule has 0 saturated carbocycles. The molecule has 3 aromatic carbocycles. The maximum absolute atomic E-state index is 9.31. The van der Waals surface area contributed by atoms with Gasteiger partial charge in [0.05, 0.1) is 11.1 Å². The third kappa shape index (κ3) is 3.94. The molecular weight excluding hydrogens is 418 g/mol. The summed E-state index contributed by atoms with van der Waals surface area (Å²) >= 11 is 0. The van der Waals surface area contributed by atoms with E-state index >= 15 is 0 Å². The van der Waals surface area contributed by atoms with Crippen molar-refractivity contribution in [3.8, 4) is 11.3 Å². The first kappa shape index (κ1) is 22.1. The average molecular weight is 450 g/mol. The van der Waals surface area contributed by atoms with Gasteiger partial charge in [-0.2, -0.15) is 0 Å². The Morgan fingerprint density at radius 1 is 0.824 bits per heavy atom. The van der Waals surface area contributed by atoms with E-state index in [1.807, 2.05) is 18.2 Å². The van der Waals surface area contributed by atoms with Gasteiger partial charge >= 0.3 is 0 Å². The number of nitrogens with zero attached hydrogens (tertiary/aromatic N) is 2. The van der Waals surface area contributed by atoms with Gasteiger partial charge in [0, 0.05) is 29.2 Å². The molecule has 34 heavy (non-hydrogen) atoms. The predicted octanol–water partition coefficient (Wildman–Crippen LogP) is 7.19. The van der Waals surface area contributed by atoms with Crippen LogP contribution in [0.15, 0.2) is 82.2 Å². The van der Waals surface area contributed by atoms with Crippen LogP contribution in [0.1, 0.15) is 39.5 Å². The van der Waals surface area contributed by atoms with Crippen LogP contribution < -0.4 is 11.0 Å². The summed E-state index contributed by atoms with van der Waals surface area (Å²) in [6.07, 6.45) is 4.15. The van der Waals surface area contributed by atoms with Crippen molar-refractivity contribution in [3.63, 3.8) is 0 Å². The monoisotopic (exact) mass is 449 g/mol. The minimum Gasteiger partial charge on any atom is -0.437 e. The number of nitrogens with one attached hydrogen (secondary N) is 1. The van der Waals surface area contributed by atoms with Crippen molar-refractivity contribution >= 4 is 32.5 Å². The molecule has 0 fully saturated rings. The van der Waals surface area contributed by atoms with Gasteiger partial charge in [0.1, 0.15) is 11.1 Å². The Morgan fingerprint density at radius 2 is 1.59 bits per heavy atom. The van der Waals surface area contributed by atoms with E-state index in [2.05, 4.69) is 73.0 Å². The van der Waals surface area contributed by atoms with E-state index in [9.17, 15) is 5.41 Å². The third-order valence-corrected chi connectivity index (χ3v) is 6.50. The summed E-state index contributed by atoms with van der Waals surface area (Å²) in [6.45, 7) is 5.84. The molecule has 0 saturated heterocycles. The van der Waals surface area contributed by atoms with Gasteiger partial charge in [0.15, 0.2) is 0 Å². The van der Waals surface area contributed by atoms with Crippen LogP contribution in [-0.4, -0.2) is 11.1 Å². The zero-order valence-electron chi connectivity index (χ0n) is 20.0. The molecule has 0 atom stereocenters. The highest BCUT2D eigenvalue weighted by atomic mass is 16.3. The minimum atomic E-state index is 0.471. The average Bonchev–Trinajstić information content (AvgIpc) is 2.88. The van der Waals surface area contributed by atoms with E-state index in [0.29, 0.717) is 17.6 Å². The number of fused-ring (bicyclic) bond motifs is 5. The molecule has 4 heteroatoms. The SMILES string of the molecule is CCCCN=c1oc2c3ccccc3ccc2c2cc(-c3ccccc3)n(CCCC)c(=N)c12. The third-order valence-electron chi connectivity index (χ3n) is 6.50. The largest absolute Gasteiger partial charge is 0.437 e. The lowest BCUT2D eigenvalue weighted by Gasteiger charge is -2.17. The lowest BCUT2D eigenvalue weighted by Crippen LogP contribution is -2.27. The van der Waals surface area contributed by atoms with Crippen LogP contribution in [0.5, 0.6) is 0 Å². The molecule has 0 spiro atoms. The number of hydrogen-bond acceptors (Lipinski definition) is 3. The minimum absolute atomic E-state index is 0.471. The van der Waals surface area contributed by atoms with Gasteiger partial charge in [0.2, 0.25) is 5.55 Å². The predicted molar refractivity (Wildman–Crippen MR) is 141 cm³/mol. The second-order valence-electron chi connectivity index (χ2n) is 8.84. The fraction of sp³-hybridized carbons (Fsp3) is 0.267.